The minimum atomic E-state index is -0.555. The van der Waals surface area contributed by atoms with Gasteiger partial charge in [0.1, 0.15) is 5.25 Å². The van der Waals surface area contributed by atoms with Crippen LogP contribution >= 0.6 is 35.0 Å². The molecule has 0 unspecified atom stereocenters. The highest BCUT2D eigenvalue weighted by molar-refractivity contribution is 8.15. The summed E-state index contributed by atoms with van der Waals surface area (Å²) < 4.78 is 0. The molecule has 2 rings (SSSR count). The molecule has 0 spiro atoms. The molecular formula is C17H20Cl2N4O2S. The third kappa shape index (κ3) is 6.30. The van der Waals surface area contributed by atoms with Gasteiger partial charge in [-0.15, -0.1) is 5.10 Å². The Hall–Kier alpha value is -1.57. The van der Waals surface area contributed by atoms with Crippen LogP contribution in [0.25, 0.3) is 0 Å². The van der Waals surface area contributed by atoms with Crippen molar-refractivity contribution in [2.75, 3.05) is 5.32 Å². The van der Waals surface area contributed by atoms with Crippen LogP contribution < -0.4 is 10.6 Å². The van der Waals surface area contributed by atoms with E-state index in [-0.39, 0.29) is 18.2 Å². The lowest BCUT2D eigenvalue weighted by Gasteiger charge is -2.09. The summed E-state index contributed by atoms with van der Waals surface area (Å²) in [6, 6.07) is 4.78. The van der Waals surface area contributed by atoms with Crippen LogP contribution in [0.5, 0.6) is 0 Å². The van der Waals surface area contributed by atoms with Crippen LogP contribution in [0.15, 0.2) is 28.4 Å². The number of hydrogen-bond donors (Lipinski definition) is 2. The summed E-state index contributed by atoms with van der Waals surface area (Å²) in [5.74, 6) is -0.0914. The van der Waals surface area contributed by atoms with E-state index in [1.807, 2.05) is 6.92 Å². The van der Waals surface area contributed by atoms with Gasteiger partial charge in [-0.05, 0) is 37.5 Å². The number of thioether (sulfide) groups is 1. The minimum absolute atomic E-state index is 0.00314. The SMILES string of the molecule is C/C(CC(C)C)=N/N=C1\NC(=O)[C@H](CC(=O)Nc2ccc(Cl)cc2Cl)S1. The first-order chi connectivity index (χ1) is 12.2. The molecule has 1 aromatic carbocycles. The van der Waals surface area contributed by atoms with Crippen LogP contribution in [0.4, 0.5) is 5.69 Å². The molecule has 140 valence electrons. The van der Waals surface area contributed by atoms with Crippen molar-refractivity contribution in [3.8, 4) is 0 Å². The van der Waals surface area contributed by atoms with Crippen LogP contribution in [0.2, 0.25) is 10.0 Å². The number of nitrogens with one attached hydrogen (secondary N) is 2. The number of amides is 2. The smallest absolute Gasteiger partial charge is 0.240 e. The number of rotatable bonds is 6. The van der Waals surface area contributed by atoms with Crippen molar-refractivity contribution in [3.63, 3.8) is 0 Å². The first-order valence-electron chi connectivity index (χ1n) is 8.08. The molecule has 0 radical (unpaired) electrons. The standard InChI is InChI=1S/C17H20Cl2N4O2S/c1-9(2)6-10(3)22-23-17-21-16(25)14(26-17)8-15(24)20-13-5-4-11(18)7-12(13)19/h4-5,7,9,14H,6,8H2,1-3H3,(H,20,24)(H,21,23,25)/b22-10-/t14-/m0/s1. The maximum Gasteiger partial charge on any atom is 0.240 e. The molecule has 1 saturated heterocycles. The van der Waals surface area contributed by atoms with E-state index in [9.17, 15) is 9.59 Å². The Bertz CT molecular complexity index is 765. The van der Waals surface area contributed by atoms with Crippen LogP contribution in [-0.4, -0.2) is 27.9 Å². The van der Waals surface area contributed by atoms with E-state index in [1.165, 1.54) is 17.8 Å². The second kappa shape index (κ2) is 9.39. The molecule has 2 amide bonds. The Morgan fingerprint density at radius 1 is 1.38 bits per heavy atom. The van der Waals surface area contributed by atoms with Crippen molar-refractivity contribution in [1.29, 1.82) is 0 Å². The molecule has 1 heterocycles. The molecule has 1 atom stereocenters. The van der Waals surface area contributed by atoms with E-state index in [1.54, 1.807) is 12.1 Å². The van der Waals surface area contributed by atoms with Gasteiger partial charge in [0, 0.05) is 17.2 Å². The van der Waals surface area contributed by atoms with Crippen molar-refractivity contribution in [3.05, 3.63) is 28.2 Å². The summed E-state index contributed by atoms with van der Waals surface area (Å²) in [5, 5.41) is 14.2. The highest BCUT2D eigenvalue weighted by atomic mass is 35.5. The van der Waals surface area contributed by atoms with Gasteiger partial charge in [-0.2, -0.15) is 5.10 Å². The lowest BCUT2D eigenvalue weighted by atomic mass is 10.1. The summed E-state index contributed by atoms with van der Waals surface area (Å²) in [5.41, 5.74) is 1.34. The van der Waals surface area contributed by atoms with E-state index >= 15 is 0 Å². The molecule has 0 bridgehead atoms. The van der Waals surface area contributed by atoms with E-state index in [0.717, 1.165) is 12.1 Å². The monoisotopic (exact) mass is 414 g/mol. The van der Waals surface area contributed by atoms with Gasteiger partial charge in [-0.1, -0.05) is 48.8 Å². The van der Waals surface area contributed by atoms with Crippen molar-refractivity contribution in [2.45, 2.75) is 38.9 Å². The van der Waals surface area contributed by atoms with Crippen LogP contribution in [0, 0.1) is 5.92 Å². The lowest BCUT2D eigenvalue weighted by Crippen LogP contribution is -2.28. The molecule has 0 aromatic heterocycles. The first-order valence-corrected chi connectivity index (χ1v) is 9.71. The largest absolute Gasteiger partial charge is 0.325 e. The predicted octanol–water partition coefficient (Wildman–Crippen LogP) is 4.33. The molecule has 26 heavy (non-hydrogen) atoms. The second-order valence-corrected chi connectivity index (χ2v) is 8.35. The van der Waals surface area contributed by atoms with Gasteiger partial charge < -0.3 is 10.6 Å². The molecule has 1 aromatic rings. The molecule has 0 saturated carbocycles. The maximum atomic E-state index is 12.2. The highest BCUT2D eigenvalue weighted by Gasteiger charge is 2.32. The first kappa shape index (κ1) is 20.7. The number of carbonyl (C=O) groups is 2. The number of benzene rings is 1. The lowest BCUT2D eigenvalue weighted by molar-refractivity contribution is -0.122. The maximum absolute atomic E-state index is 12.2. The van der Waals surface area contributed by atoms with E-state index in [2.05, 4.69) is 34.7 Å². The molecule has 9 heteroatoms. The molecular weight excluding hydrogens is 395 g/mol. The van der Waals surface area contributed by atoms with Gasteiger partial charge in [0.2, 0.25) is 11.8 Å². The Balaban J connectivity index is 1.93. The van der Waals surface area contributed by atoms with Crippen LogP contribution in [0.1, 0.15) is 33.6 Å². The quantitative estimate of drug-likeness (QED) is 0.536. The van der Waals surface area contributed by atoms with Crippen molar-refractivity contribution in [1.82, 2.24) is 5.32 Å². The highest BCUT2D eigenvalue weighted by Crippen LogP contribution is 2.27. The minimum Gasteiger partial charge on any atom is -0.325 e. The van der Waals surface area contributed by atoms with E-state index < -0.39 is 5.25 Å². The number of carbonyl (C=O) groups excluding carboxylic acids is 2. The Morgan fingerprint density at radius 2 is 2.12 bits per heavy atom. The third-order valence-electron chi connectivity index (χ3n) is 3.37. The van der Waals surface area contributed by atoms with Crippen LogP contribution in [-0.2, 0) is 9.59 Å². The number of anilines is 1. The average molecular weight is 415 g/mol. The molecule has 1 aliphatic heterocycles. The fourth-order valence-electron chi connectivity index (χ4n) is 2.31. The number of halogens is 2. The number of amidine groups is 1. The van der Waals surface area contributed by atoms with E-state index in [0.29, 0.717) is 26.8 Å². The van der Waals surface area contributed by atoms with Crippen molar-refractivity contribution in [2.24, 2.45) is 16.1 Å². The molecule has 1 fully saturated rings. The zero-order valence-corrected chi connectivity index (χ0v) is 17.0. The van der Waals surface area contributed by atoms with Gasteiger partial charge in [0.25, 0.3) is 0 Å². The summed E-state index contributed by atoms with van der Waals surface area (Å²) in [4.78, 5) is 24.2. The molecule has 2 N–H and O–H groups in total. The van der Waals surface area contributed by atoms with E-state index in [4.69, 9.17) is 23.2 Å². The van der Waals surface area contributed by atoms with Gasteiger partial charge in [-0.25, -0.2) is 0 Å². The van der Waals surface area contributed by atoms with Crippen LogP contribution in [0.3, 0.4) is 0 Å². The zero-order chi connectivity index (χ0) is 19.3. The summed E-state index contributed by atoms with van der Waals surface area (Å²) in [6.45, 7) is 6.09. The summed E-state index contributed by atoms with van der Waals surface area (Å²) in [7, 11) is 0. The Labute approximate surface area is 166 Å². The Morgan fingerprint density at radius 3 is 2.77 bits per heavy atom. The van der Waals surface area contributed by atoms with Gasteiger partial charge in [-0.3, -0.25) is 9.59 Å². The zero-order valence-electron chi connectivity index (χ0n) is 14.7. The predicted molar refractivity (Wildman–Crippen MR) is 109 cm³/mol. The number of nitrogens with zero attached hydrogens (tertiary/aromatic N) is 2. The van der Waals surface area contributed by atoms with Crippen molar-refractivity contribution < 1.29 is 9.59 Å². The van der Waals surface area contributed by atoms with Gasteiger partial charge in [0.05, 0.1) is 10.7 Å². The summed E-state index contributed by atoms with van der Waals surface area (Å²) >= 11 is 13.1. The normalized spacial score (nSPS) is 19.2. The molecule has 6 nitrogen and oxygen atoms in total. The van der Waals surface area contributed by atoms with Crippen molar-refractivity contribution >= 4 is 63.3 Å². The topological polar surface area (TPSA) is 82.9 Å². The second-order valence-electron chi connectivity index (χ2n) is 6.31. The van der Waals surface area contributed by atoms with Gasteiger partial charge in [0.15, 0.2) is 5.17 Å². The van der Waals surface area contributed by atoms with Gasteiger partial charge >= 0.3 is 0 Å². The average Bonchev–Trinajstić information content (AvgIpc) is 2.87. The Kier molecular flexibility index (Phi) is 7.49. The fourth-order valence-corrected chi connectivity index (χ4v) is 3.68. The third-order valence-corrected chi connectivity index (χ3v) is 4.99. The molecule has 0 aliphatic carbocycles. The fraction of sp³-hybridized carbons (Fsp3) is 0.412. The summed E-state index contributed by atoms with van der Waals surface area (Å²) in [6.07, 6.45) is 0.840. The molecule has 1 aliphatic rings. The number of hydrogen-bond acceptors (Lipinski definition) is 5.